The molecule has 4 aromatic rings. The van der Waals surface area contributed by atoms with E-state index in [4.69, 9.17) is 4.74 Å². The minimum atomic E-state index is -0.968. The number of para-hydroxylation sites is 1. The van der Waals surface area contributed by atoms with Gasteiger partial charge in [-0.3, -0.25) is 9.59 Å². The van der Waals surface area contributed by atoms with Crippen LogP contribution in [0.1, 0.15) is 38.3 Å². The van der Waals surface area contributed by atoms with Crippen LogP contribution in [0.4, 0.5) is 0 Å². The highest BCUT2D eigenvalue weighted by molar-refractivity contribution is 7.20. The van der Waals surface area contributed by atoms with Crippen LogP contribution in [0.5, 0.6) is 0 Å². The second-order valence-electron chi connectivity index (χ2n) is 6.55. The number of esters is 1. The maximum atomic E-state index is 12.8. The zero-order valence-corrected chi connectivity index (χ0v) is 16.3. The van der Waals surface area contributed by atoms with Crippen LogP contribution in [0.15, 0.2) is 35.3 Å². The molecule has 0 saturated heterocycles. The zero-order chi connectivity index (χ0) is 20.0. The van der Waals surface area contributed by atoms with Crippen LogP contribution >= 0.6 is 11.3 Å². The van der Waals surface area contributed by atoms with Gasteiger partial charge in [0.05, 0.1) is 5.39 Å². The maximum Gasteiger partial charge on any atom is 0.349 e. The van der Waals surface area contributed by atoms with Gasteiger partial charge in [0.1, 0.15) is 15.5 Å². The van der Waals surface area contributed by atoms with Crippen molar-refractivity contribution >= 4 is 44.2 Å². The van der Waals surface area contributed by atoms with Crippen molar-refractivity contribution in [2.24, 2.45) is 0 Å². The van der Waals surface area contributed by atoms with E-state index in [9.17, 15) is 14.4 Å². The molecule has 0 fully saturated rings. The van der Waals surface area contributed by atoms with Crippen molar-refractivity contribution in [1.82, 2.24) is 15.0 Å². The highest BCUT2D eigenvalue weighted by Crippen LogP contribution is 2.28. The van der Waals surface area contributed by atoms with Gasteiger partial charge in [-0.25, -0.2) is 9.78 Å². The molecule has 0 amide bonds. The predicted octanol–water partition coefficient (Wildman–Crippen LogP) is 3.51. The summed E-state index contributed by atoms with van der Waals surface area (Å²) >= 11 is 1.09. The van der Waals surface area contributed by atoms with E-state index in [0.717, 1.165) is 22.2 Å². The zero-order valence-electron chi connectivity index (χ0n) is 15.5. The predicted molar refractivity (Wildman–Crippen MR) is 107 cm³/mol. The number of fused-ring (bicyclic) bond motifs is 2. The Morgan fingerprint density at radius 2 is 1.96 bits per heavy atom. The smallest absolute Gasteiger partial charge is 0.349 e. The lowest BCUT2D eigenvalue weighted by atomic mass is 10.1. The van der Waals surface area contributed by atoms with Gasteiger partial charge < -0.3 is 14.7 Å². The number of aryl methyl sites for hydroxylation is 2. The molecule has 3 heterocycles. The SMILES string of the molecule is Cc1nc2sc(C(=O)O[C@@H](C)C(=O)c3c[nH]c4ccccc34)c(C)c2c(=O)[nH]1. The quantitative estimate of drug-likeness (QED) is 0.406. The Morgan fingerprint density at radius 3 is 2.75 bits per heavy atom. The minimum Gasteiger partial charge on any atom is -0.450 e. The lowest BCUT2D eigenvalue weighted by Crippen LogP contribution is -2.24. The molecule has 142 valence electrons. The summed E-state index contributed by atoms with van der Waals surface area (Å²) in [6.45, 7) is 4.89. The van der Waals surface area contributed by atoms with Crippen LogP contribution in [-0.2, 0) is 4.74 Å². The van der Waals surface area contributed by atoms with Crippen molar-refractivity contribution in [1.29, 1.82) is 0 Å². The van der Waals surface area contributed by atoms with Crippen molar-refractivity contribution in [3.05, 3.63) is 62.6 Å². The molecule has 7 nitrogen and oxygen atoms in total. The number of hydrogen-bond acceptors (Lipinski definition) is 6. The summed E-state index contributed by atoms with van der Waals surface area (Å²) in [7, 11) is 0. The van der Waals surface area contributed by atoms with E-state index in [2.05, 4.69) is 15.0 Å². The molecule has 28 heavy (non-hydrogen) atoms. The summed E-state index contributed by atoms with van der Waals surface area (Å²) in [6.07, 6.45) is 0.651. The number of nitrogens with zero attached hydrogens (tertiary/aromatic N) is 1. The van der Waals surface area contributed by atoms with E-state index in [1.807, 2.05) is 24.3 Å². The van der Waals surface area contributed by atoms with Crippen LogP contribution in [0, 0.1) is 13.8 Å². The van der Waals surface area contributed by atoms with Crippen LogP contribution in [0.2, 0.25) is 0 Å². The number of ether oxygens (including phenoxy) is 1. The Labute approximate surface area is 163 Å². The first-order valence-corrected chi connectivity index (χ1v) is 9.49. The Hall–Kier alpha value is -3.26. The minimum absolute atomic E-state index is 0.275. The monoisotopic (exact) mass is 395 g/mol. The second-order valence-corrected chi connectivity index (χ2v) is 7.55. The van der Waals surface area contributed by atoms with Crippen molar-refractivity contribution < 1.29 is 14.3 Å². The first-order valence-electron chi connectivity index (χ1n) is 8.68. The largest absolute Gasteiger partial charge is 0.450 e. The number of carbonyl (C=O) groups is 2. The van der Waals surface area contributed by atoms with Gasteiger partial charge in [-0.05, 0) is 32.4 Å². The molecular weight excluding hydrogens is 378 g/mol. The Balaban J connectivity index is 1.62. The van der Waals surface area contributed by atoms with Gasteiger partial charge in [-0.15, -0.1) is 11.3 Å². The lowest BCUT2D eigenvalue weighted by Gasteiger charge is -2.11. The standard InChI is InChI=1S/C20H17N3O4S/c1-9-15-18(25)22-11(3)23-19(15)28-17(9)20(26)27-10(2)16(24)13-8-21-14-7-5-4-6-12(13)14/h4-8,10,21H,1-3H3,(H,22,23,25)/t10-/m0/s1. The van der Waals surface area contributed by atoms with E-state index in [0.29, 0.717) is 27.2 Å². The second kappa shape index (κ2) is 6.72. The van der Waals surface area contributed by atoms with Crippen LogP contribution in [-0.4, -0.2) is 32.8 Å². The molecule has 2 N–H and O–H groups in total. The van der Waals surface area contributed by atoms with E-state index in [1.165, 1.54) is 0 Å². The van der Waals surface area contributed by atoms with E-state index < -0.39 is 12.1 Å². The third-order valence-corrected chi connectivity index (χ3v) is 5.78. The molecule has 0 aliphatic heterocycles. The van der Waals surface area contributed by atoms with Gasteiger partial charge in [0.25, 0.3) is 5.56 Å². The molecular formula is C20H17N3O4S. The number of benzene rings is 1. The first-order chi connectivity index (χ1) is 13.4. The number of rotatable bonds is 4. The Kier molecular flexibility index (Phi) is 4.35. The fraction of sp³-hybridized carbons (Fsp3) is 0.200. The van der Waals surface area contributed by atoms with Crippen molar-refractivity contribution in [3.8, 4) is 0 Å². The highest BCUT2D eigenvalue weighted by atomic mass is 32.1. The topological polar surface area (TPSA) is 105 Å². The number of Topliss-reactive ketones (excluding diaryl/α,β-unsaturated/α-hetero) is 1. The van der Waals surface area contributed by atoms with Gasteiger partial charge in [-0.2, -0.15) is 0 Å². The Morgan fingerprint density at radius 1 is 1.21 bits per heavy atom. The van der Waals surface area contributed by atoms with Crippen LogP contribution in [0.25, 0.3) is 21.1 Å². The molecule has 1 aromatic carbocycles. The molecule has 0 bridgehead atoms. The number of aromatic amines is 2. The number of thiophene rings is 1. The fourth-order valence-electron chi connectivity index (χ4n) is 3.21. The third-order valence-electron chi connectivity index (χ3n) is 4.61. The number of ketones is 1. The molecule has 8 heteroatoms. The molecule has 0 radical (unpaired) electrons. The highest BCUT2D eigenvalue weighted by Gasteiger charge is 2.26. The van der Waals surface area contributed by atoms with Gasteiger partial charge in [0, 0.05) is 22.7 Å². The van der Waals surface area contributed by atoms with Gasteiger partial charge in [0.2, 0.25) is 5.78 Å². The van der Waals surface area contributed by atoms with E-state index in [-0.39, 0.29) is 16.2 Å². The summed E-state index contributed by atoms with van der Waals surface area (Å²) < 4.78 is 5.42. The normalized spacial score (nSPS) is 12.4. The summed E-state index contributed by atoms with van der Waals surface area (Å²) in [5.41, 5.74) is 1.52. The molecule has 0 aliphatic rings. The number of aromatic nitrogens is 3. The molecule has 0 unspecified atom stereocenters. The van der Waals surface area contributed by atoms with E-state index in [1.54, 1.807) is 27.0 Å². The summed E-state index contributed by atoms with van der Waals surface area (Å²) in [4.78, 5) is 48.3. The van der Waals surface area contributed by atoms with Crippen molar-refractivity contribution in [2.45, 2.75) is 26.9 Å². The summed E-state index contributed by atoms with van der Waals surface area (Å²) in [5, 5.41) is 1.15. The lowest BCUT2D eigenvalue weighted by molar-refractivity contribution is 0.0323. The van der Waals surface area contributed by atoms with Gasteiger partial charge in [0.15, 0.2) is 6.10 Å². The molecule has 1 atom stereocenters. The number of nitrogens with one attached hydrogen (secondary N) is 2. The van der Waals surface area contributed by atoms with Gasteiger partial charge in [-0.1, -0.05) is 18.2 Å². The van der Waals surface area contributed by atoms with Crippen LogP contribution < -0.4 is 5.56 Å². The third kappa shape index (κ3) is 2.91. The van der Waals surface area contributed by atoms with Gasteiger partial charge >= 0.3 is 5.97 Å². The van der Waals surface area contributed by atoms with Crippen molar-refractivity contribution in [2.75, 3.05) is 0 Å². The molecule has 0 saturated carbocycles. The molecule has 4 rings (SSSR count). The average molecular weight is 395 g/mol. The summed E-state index contributed by atoms with van der Waals surface area (Å²) in [6, 6.07) is 7.43. The fourth-order valence-corrected chi connectivity index (χ4v) is 4.32. The maximum absolute atomic E-state index is 12.8. The Bertz CT molecular complexity index is 1300. The molecule has 0 spiro atoms. The average Bonchev–Trinajstić information content (AvgIpc) is 3.22. The molecule has 3 aromatic heterocycles. The number of hydrogen-bond donors (Lipinski definition) is 2. The van der Waals surface area contributed by atoms with Crippen molar-refractivity contribution in [3.63, 3.8) is 0 Å². The van der Waals surface area contributed by atoms with E-state index >= 15 is 0 Å². The first kappa shape index (κ1) is 18.1. The number of H-pyrrole nitrogens is 2. The van der Waals surface area contributed by atoms with Crippen LogP contribution in [0.3, 0.4) is 0 Å². The molecule has 0 aliphatic carbocycles. The number of carbonyl (C=O) groups excluding carboxylic acids is 2. The summed E-state index contributed by atoms with van der Waals surface area (Å²) in [5.74, 6) is -0.462.